The highest BCUT2D eigenvalue weighted by Crippen LogP contribution is 2.41. The van der Waals surface area contributed by atoms with Crippen LogP contribution in [0.15, 0.2) is 30.5 Å². The lowest BCUT2D eigenvalue weighted by molar-refractivity contribution is -0.200. The van der Waals surface area contributed by atoms with Crippen LogP contribution in [-0.2, 0) is 25.5 Å². The number of alkyl carbamates (subject to hydrolysis) is 1. The van der Waals surface area contributed by atoms with Crippen molar-refractivity contribution in [1.82, 2.24) is 15.2 Å². The Hall–Kier alpha value is -3.57. The zero-order valence-electron chi connectivity index (χ0n) is 23.6. The Labute approximate surface area is 236 Å². The maximum absolute atomic E-state index is 14.8. The van der Waals surface area contributed by atoms with Gasteiger partial charge in [0.05, 0.1) is 13.2 Å². The lowest BCUT2D eigenvalue weighted by atomic mass is 9.85. The Morgan fingerprint density at radius 1 is 1.15 bits per heavy atom. The van der Waals surface area contributed by atoms with E-state index in [1.807, 2.05) is 18.2 Å². The van der Waals surface area contributed by atoms with Crippen LogP contribution in [0.1, 0.15) is 58.9 Å². The van der Waals surface area contributed by atoms with Gasteiger partial charge in [0.2, 0.25) is 11.8 Å². The van der Waals surface area contributed by atoms with Gasteiger partial charge in [-0.05, 0) is 61.1 Å². The summed E-state index contributed by atoms with van der Waals surface area (Å²) in [4.78, 5) is 44.3. The van der Waals surface area contributed by atoms with Crippen LogP contribution < -0.4 is 10.1 Å². The molecule has 4 atom stereocenters. The predicted molar refractivity (Wildman–Crippen MR) is 143 cm³/mol. The third-order valence-corrected chi connectivity index (χ3v) is 7.37. The number of nitrogens with zero attached hydrogens (tertiary/aromatic N) is 2. The van der Waals surface area contributed by atoms with Gasteiger partial charge in [-0.3, -0.25) is 4.79 Å². The summed E-state index contributed by atoms with van der Waals surface area (Å²) in [6, 6.07) is 1.81. The number of pyridine rings is 1. The van der Waals surface area contributed by atoms with Crippen molar-refractivity contribution >= 4 is 28.7 Å². The van der Waals surface area contributed by atoms with Gasteiger partial charge >= 0.3 is 18.2 Å². The molecule has 1 N–H and O–H groups in total. The number of fused-ring (bicyclic) bond motifs is 3. The van der Waals surface area contributed by atoms with Gasteiger partial charge in [0.15, 0.2) is 6.04 Å². The molecule has 2 aliphatic rings. The Morgan fingerprint density at radius 3 is 2.59 bits per heavy atom. The summed E-state index contributed by atoms with van der Waals surface area (Å²) >= 11 is 0. The third kappa shape index (κ3) is 6.84. The fraction of sp³-hybridized carbons (Fsp3) is 0.586. The highest BCUT2D eigenvalue weighted by atomic mass is 19.4. The molecule has 1 fully saturated rings. The number of esters is 1. The summed E-state index contributed by atoms with van der Waals surface area (Å²) in [6.07, 6.45) is -3.77. The quantitative estimate of drug-likeness (QED) is 0.502. The predicted octanol–water partition coefficient (Wildman–Crippen LogP) is 4.94. The number of rotatable bonds is 2. The van der Waals surface area contributed by atoms with Crippen molar-refractivity contribution in [2.24, 2.45) is 5.41 Å². The van der Waals surface area contributed by atoms with Crippen molar-refractivity contribution in [2.75, 3.05) is 13.2 Å². The molecular formula is C29H36F3N3O6. The van der Waals surface area contributed by atoms with E-state index < -0.39 is 60.2 Å². The summed E-state index contributed by atoms with van der Waals surface area (Å²) in [7, 11) is 0. The van der Waals surface area contributed by atoms with E-state index in [0.717, 1.165) is 23.8 Å². The molecular weight excluding hydrogens is 543 g/mol. The van der Waals surface area contributed by atoms with E-state index in [2.05, 4.69) is 10.3 Å². The fourth-order valence-corrected chi connectivity index (χ4v) is 5.37. The maximum atomic E-state index is 14.8. The summed E-state index contributed by atoms with van der Waals surface area (Å²) in [6.45, 7) is 6.32. The highest BCUT2D eigenvalue weighted by Gasteiger charge is 2.61. The SMILES string of the molecule is CCOC(=O)[C@@H]1C[C@@H]2Oc3nccc4ccc(cc34)CCCCCOC(=O)N[C@@H](C(C)(C)C)C(=O)N1[C@@H]2C(F)(F)F. The van der Waals surface area contributed by atoms with E-state index in [9.17, 15) is 27.6 Å². The minimum atomic E-state index is -4.99. The van der Waals surface area contributed by atoms with E-state index >= 15 is 0 Å². The van der Waals surface area contributed by atoms with Crippen molar-refractivity contribution in [3.63, 3.8) is 0 Å². The Balaban J connectivity index is 1.85. The summed E-state index contributed by atoms with van der Waals surface area (Å²) in [5.41, 5.74) is -0.0816. The van der Waals surface area contributed by atoms with Crippen LogP contribution in [0.5, 0.6) is 5.88 Å². The number of aromatic nitrogens is 1. The number of hydrogen-bond donors (Lipinski definition) is 1. The molecule has 2 aliphatic heterocycles. The molecule has 224 valence electrons. The number of nitrogens with one attached hydrogen (secondary N) is 1. The van der Waals surface area contributed by atoms with Gasteiger partial charge in [-0.1, -0.05) is 32.9 Å². The van der Waals surface area contributed by atoms with Gasteiger partial charge in [-0.2, -0.15) is 13.2 Å². The van der Waals surface area contributed by atoms with Crippen LogP contribution in [0.3, 0.4) is 0 Å². The van der Waals surface area contributed by atoms with E-state index in [1.165, 1.54) is 13.1 Å². The van der Waals surface area contributed by atoms with Gasteiger partial charge < -0.3 is 24.4 Å². The molecule has 0 aliphatic carbocycles. The van der Waals surface area contributed by atoms with Crippen molar-refractivity contribution < 1.29 is 41.8 Å². The van der Waals surface area contributed by atoms with Crippen LogP contribution in [0.25, 0.3) is 10.8 Å². The van der Waals surface area contributed by atoms with Gasteiger partial charge in [0, 0.05) is 18.0 Å². The molecule has 4 bridgehead atoms. The first-order chi connectivity index (χ1) is 19.3. The molecule has 2 amide bonds. The molecule has 4 rings (SSSR count). The Bertz CT molecular complexity index is 1280. The second kappa shape index (κ2) is 12.1. The van der Waals surface area contributed by atoms with Crippen molar-refractivity contribution in [3.05, 3.63) is 36.0 Å². The molecule has 0 spiro atoms. The summed E-state index contributed by atoms with van der Waals surface area (Å²) in [5.74, 6) is -2.10. The second-order valence-electron chi connectivity index (χ2n) is 11.5. The minimum absolute atomic E-state index is 0.0179. The first-order valence-corrected chi connectivity index (χ1v) is 13.8. The lowest BCUT2D eigenvalue weighted by Crippen LogP contribution is -2.62. The molecule has 1 aromatic heterocycles. The van der Waals surface area contributed by atoms with Crippen LogP contribution in [0.4, 0.5) is 18.0 Å². The number of aryl methyl sites for hydroxylation is 1. The number of hydrogen-bond acceptors (Lipinski definition) is 7. The average molecular weight is 580 g/mol. The molecule has 0 saturated carbocycles. The first-order valence-electron chi connectivity index (χ1n) is 13.8. The lowest BCUT2D eigenvalue weighted by Gasteiger charge is -2.38. The van der Waals surface area contributed by atoms with Gasteiger partial charge in [-0.15, -0.1) is 0 Å². The van der Waals surface area contributed by atoms with Crippen LogP contribution in [0.2, 0.25) is 0 Å². The summed E-state index contributed by atoms with van der Waals surface area (Å²) in [5, 5.41) is 3.72. The Kier molecular flexibility index (Phi) is 8.98. The fourth-order valence-electron chi connectivity index (χ4n) is 5.37. The number of cyclic esters (lactones) is 1. The van der Waals surface area contributed by atoms with Gasteiger partial charge in [0.1, 0.15) is 18.2 Å². The largest absolute Gasteiger partial charge is 0.471 e. The van der Waals surface area contributed by atoms with Crippen LogP contribution in [-0.4, -0.2) is 71.5 Å². The molecule has 9 nitrogen and oxygen atoms in total. The normalized spacial score (nSPS) is 24.7. The number of carbonyl (C=O) groups excluding carboxylic acids is 3. The summed E-state index contributed by atoms with van der Waals surface area (Å²) < 4.78 is 60.8. The molecule has 3 heterocycles. The minimum Gasteiger partial charge on any atom is -0.471 e. The van der Waals surface area contributed by atoms with Crippen LogP contribution in [0, 0.1) is 5.41 Å². The van der Waals surface area contributed by atoms with E-state index in [0.29, 0.717) is 23.1 Å². The number of ether oxygens (including phenoxy) is 3. The highest BCUT2D eigenvalue weighted by molar-refractivity contribution is 5.91. The number of halogens is 3. The Morgan fingerprint density at radius 2 is 1.90 bits per heavy atom. The van der Waals surface area contributed by atoms with Crippen LogP contribution >= 0.6 is 0 Å². The zero-order valence-corrected chi connectivity index (χ0v) is 23.6. The smallest absolute Gasteiger partial charge is 0.412 e. The monoisotopic (exact) mass is 579 g/mol. The molecule has 12 heteroatoms. The number of carbonyl (C=O) groups is 3. The van der Waals surface area contributed by atoms with E-state index in [4.69, 9.17) is 14.2 Å². The molecule has 2 aromatic rings. The van der Waals surface area contributed by atoms with E-state index in [1.54, 1.807) is 26.8 Å². The number of amides is 2. The second-order valence-corrected chi connectivity index (χ2v) is 11.5. The van der Waals surface area contributed by atoms with Gasteiger partial charge in [0.25, 0.3) is 0 Å². The maximum Gasteiger partial charge on any atom is 0.412 e. The molecule has 41 heavy (non-hydrogen) atoms. The van der Waals surface area contributed by atoms with Crippen molar-refractivity contribution in [1.29, 1.82) is 0 Å². The standard InChI is InChI=1S/C29H36F3N3O6/c1-5-39-26(37)20-16-21-23(29(30,31)32)35(20)25(36)22(28(2,3)4)34-27(38)40-14-8-6-7-9-17-10-11-18-12-13-33-24(41-21)19(18)15-17/h10-13,15,20-23H,5-9,14,16H2,1-4H3,(H,34,38)/t20-,21-,22+,23-/m0/s1. The first kappa shape index (κ1) is 30.4. The van der Waals surface area contributed by atoms with E-state index in [-0.39, 0.29) is 19.1 Å². The third-order valence-electron chi connectivity index (χ3n) is 7.37. The van der Waals surface area contributed by atoms with Crippen molar-refractivity contribution in [2.45, 2.75) is 90.2 Å². The number of alkyl halides is 3. The zero-order chi connectivity index (χ0) is 29.9. The topological polar surface area (TPSA) is 107 Å². The molecule has 0 radical (unpaired) electrons. The van der Waals surface area contributed by atoms with Gasteiger partial charge in [-0.25, -0.2) is 14.6 Å². The number of benzene rings is 1. The molecule has 1 saturated heterocycles. The molecule has 1 aromatic carbocycles. The average Bonchev–Trinajstić information content (AvgIpc) is 3.28. The molecule has 0 unspecified atom stereocenters. The van der Waals surface area contributed by atoms with Crippen molar-refractivity contribution in [3.8, 4) is 5.88 Å².